The first-order valence-corrected chi connectivity index (χ1v) is 6.81. The number of carboxylic acid groups (broad SMARTS) is 1. The molecule has 1 unspecified atom stereocenters. The molecule has 1 fully saturated rings. The molecule has 1 aliphatic rings. The minimum atomic E-state index is -0.725. The van der Waals surface area contributed by atoms with Crippen molar-refractivity contribution in [2.75, 3.05) is 13.1 Å². The second-order valence-corrected chi connectivity index (χ2v) is 5.53. The van der Waals surface area contributed by atoms with Gasteiger partial charge in [-0.1, -0.05) is 12.1 Å². The number of piperidine rings is 1. The number of aliphatic carboxylic acids is 1. The lowest BCUT2D eigenvalue weighted by atomic mass is 9.82. The Balaban J connectivity index is 1.96. The smallest absolute Gasteiger partial charge is 0.310 e. The maximum absolute atomic E-state index is 11.3. The van der Waals surface area contributed by atoms with Crippen LogP contribution in [0.25, 0.3) is 0 Å². The Labute approximate surface area is 112 Å². The van der Waals surface area contributed by atoms with Crippen molar-refractivity contribution in [2.24, 2.45) is 5.41 Å². The molecule has 0 spiro atoms. The minimum Gasteiger partial charge on any atom is -0.481 e. The summed E-state index contributed by atoms with van der Waals surface area (Å²) in [5.74, 6) is 0.588. The van der Waals surface area contributed by atoms with Crippen LogP contribution in [0.3, 0.4) is 0 Å². The number of carboxylic acids is 1. The van der Waals surface area contributed by atoms with Crippen LogP contribution < -0.4 is 0 Å². The van der Waals surface area contributed by atoms with Crippen molar-refractivity contribution in [1.29, 1.82) is 0 Å². The maximum Gasteiger partial charge on any atom is 0.310 e. The van der Waals surface area contributed by atoms with Gasteiger partial charge in [0.2, 0.25) is 5.89 Å². The summed E-state index contributed by atoms with van der Waals surface area (Å²) in [7, 11) is 0. The number of hydrogen-bond acceptors (Lipinski definition) is 5. The van der Waals surface area contributed by atoms with E-state index in [-0.39, 0.29) is 0 Å². The molecular formula is C13H21N3O3. The van der Waals surface area contributed by atoms with Crippen LogP contribution in [-0.2, 0) is 17.8 Å². The highest BCUT2D eigenvalue weighted by Crippen LogP contribution is 2.30. The van der Waals surface area contributed by atoms with E-state index in [0.717, 1.165) is 32.2 Å². The van der Waals surface area contributed by atoms with Gasteiger partial charge in [0.15, 0.2) is 5.82 Å². The summed E-state index contributed by atoms with van der Waals surface area (Å²) in [5.41, 5.74) is -0.658. The van der Waals surface area contributed by atoms with Gasteiger partial charge in [-0.3, -0.25) is 9.69 Å². The summed E-state index contributed by atoms with van der Waals surface area (Å²) in [6.45, 7) is 5.86. The molecule has 0 aromatic carbocycles. The van der Waals surface area contributed by atoms with Gasteiger partial charge in [-0.15, -0.1) is 0 Å². The molecule has 0 bridgehead atoms. The molecule has 0 aliphatic carbocycles. The molecule has 2 heterocycles. The molecule has 1 saturated heterocycles. The number of rotatable bonds is 5. The van der Waals surface area contributed by atoms with Crippen LogP contribution >= 0.6 is 0 Å². The Morgan fingerprint density at radius 2 is 2.37 bits per heavy atom. The lowest BCUT2D eigenvalue weighted by molar-refractivity contribution is -0.151. The van der Waals surface area contributed by atoms with E-state index in [9.17, 15) is 9.90 Å². The van der Waals surface area contributed by atoms with Crippen molar-refractivity contribution in [1.82, 2.24) is 15.0 Å². The fourth-order valence-corrected chi connectivity index (χ4v) is 2.52. The van der Waals surface area contributed by atoms with Crippen molar-refractivity contribution in [3.05, 3.63) is 11.7 Å². The number of carbonyl (C=O) groups is 1. The van der Waals surface area contributed by atoms with Gasteiger partial charge in [0.1, 0.15) is 0 Å². The highest BCUT2D eigenvalue weighted by Gasteiger charge is 2.38. The second kappa shape index (κ2) is 5.69. The molecule has 6 nitrogen and oxygen atoms in total. The summed E-state index contributed by atoms with van der Waals surface area (Å²) in [5, 5.41) is 13.2. The quantitative estimate of drug-likeness (QED) is 0.874. The lowest BCUT2D eigenvalue weighted by Crippen LogP contribution is -2.45. The predicted molar refractivity (Wildman–Crippen MR) is 68.5 cm³/mol. The normalized spacial score (nSPS) is 24.5. The zero-order valence-corrected chi connectivity index (χ0v) is 11.6. The Bertz CT molecular complexity index is 446. The van der Waals surface area contributed by atoms with Crippen molar-refractivity contribution >= 4 is 5.97 Å². The molecule has 0 amide bonds. The molecule has 1 aromatic heterocycles. The van der Waals surface area contributed by atoms with Gasteiger partial charge in [-0.25, -0.2) is 0 Å². The summed E-state index contributed by atoms with van der Waals surface area (Å²) in [6.07, 6.45) is 3.39. The van der Waals surface area contributed by atoms with Crippen molar-refractivity contribution in [2.45, 2.75) is 46.1 Å². The minimum absolute atomic E-state index is 0.542. The molecule has 0 radical (unpaired) electrons. The topological polar surface area (TPSA) is 79.5 Å². The van der Waals surface area contributed by atoms with Crippen LogP contribution in [0.1, 0.15) is 44.8 Å². The number of aryl methyl sites for hydroxylation is 1. The van der Waals surface area contributed by atoms with E-state index in [1.807, 2.05) is 0 Å². The second-order valence-electron chi connectivity index (χ2n) is 5.53. The molecule has 0 saturated carbocycles. The van der Waals surface area contributed by atoms with Crippen LogP contribution in [0, 0.1) is 5.41 Å². The number of aromatic nitrogens is 2. The summed E-state index contributed by atoms with van der Waals surface area (Å²) >= 11 is 0. The van der Waals surface area contributed by atoms with Crippen LogP contribution in [0.15, 0.2) is 4.52 Å². The first-order chi connectivity index (χ1) is 9.03. The third-order valence-electron chi connectivity index (χ3n) is 3.63. The van der Waals surface area contributed by atoms with Gasteiger partial charge in [-0.05, 0) is 32.7 Å². The van der Waals surface area contributed by atoms with Crippen molar-refractivity contribution in [3.63, 3.8) is 0 Å². The van der Waals surface area contributed by atoms with E-state index in [4.69, 9.17) is 4.52 Å². The van der Waals surface area contributed by atoms with Crippen LogP contribution in [-0.4, -0.2) is 39.2 Å². The molecule has 19 heavy (non-hydrogen) atoms. The fourth-order valence-electron chi connectivity index (χ4n) is 2.52. The molecule has 1 aromatic rings. The van der Waals surface area contributed by atoms with Gasteiger partial charge in [0.25, 0.3) is 0 Å². The van der Waals surface area contributed by atoms with E-state index >= 15 is 0 Å². The molecule has 6 heteroatoms. The average Bonchev–Trinajstić information content (AvgIpc) is 2.77. The van der Waals surface area contributed by atoms with E-state index in [1.54, 1.807) is 6.92 Å². The summed E-state index contributed by atoms with van der Waals surface area (Å²) in [4.78, 5) is 17.7. The summed E-state index contributed by atoms with van der Waals surface area (Å²) in [6, 6.07) is 0. The molecule has 106 valence electrons. The zero-order chi connectivity index (χ0) is 13.9. The van der Waals surface area contributed by atoms with Crippen LogP contribution in [0.5, 0.6) is 0 Å². The van der Waals surface area contributed by atoms with E-state index in [0.29, 0.717) is 24.8 Å². The predicted octanol–water partition coefficient (Wildman–Crippen LogP) is 1.71. The first kappa shape index (κ1) is 14.0. The van der Waals surface area contributed by atoms with E-state index < -0.39 is 11.4 Å². The molecule has 2 rings (SSSR count). The fraction of sp³-hybridized carbons (Fsp3) is 0.769. The Hall–Kier alpha value is -1.43. The van der Waals surface area contributed by atoms with E-state index in [2.05, 4.69) is 22.0 Å². The monoisotopic (exact) mass is 267 g/mol. The van der Waals surface area contributed by atoms with Crippen molar-refractivity contribution in [3.8, 4) is 0 Å². The lowest BCUT2D eigenvalue weighted by Gasteiger charge is -2.36. The third kappa shape index (κ3) is 3.32. The molecule has 1 aliphatic heterocycles. The first-order valence-electron chi connectivity index (χ1n) is 6.81. The van der Waals surface area contributed by atoms with Crippen LogP contribution in [0.4, 0.5) is 0 Å². The van der Waals surface area contributed by atoms with Crippen molar-refractivity contribution < 1.29 is 14.4 Å². The Kier molecular flexibility index (Phi) is 4.19. The van der Waals surface area contributed by atoms with Gasteiger partial charge in [0.05, 0.1) is 12.0 Å². The van der Waals surface area contributed by atoms with Crippen LogP contribution in [0.2, 0.25) is 0 Å². The standard InChI is InChI=1S/C13H21N3O3/c1-3-5-11-14-10(15-19-11)8-16-7-4-6-13(2,9-16)12(17)18/h3-9H2,1-2H3,(H,17,18). The molecule has 1 atom stereocenters. The van der Waals surface area contributed by atoms with Gasteiger partial charge >= 0.3 is 5.97 Å². The highest BCUT2D eigenvalue weighted by molar-refractivity contribution is 5.74. The molecule has 1 N–H and O–H groups in total. The number of likely N-dealkylation sites (tertiary alicyclic amines) is 1. The number of hydrogen-bond donors (Lipinski definition) is 1. The third-order valence-corrected chi connectivity index (χ3v) is 3.63. The van der Waals surface area contributed by atoms with E-state index in [1.165, 1.54) is 0 Å². The van der Waals surface area contributed by atoms with Gasteiger partial charge < -0.3 is 9.63 Å². The van der Waals surface area contributed by atoms with Gasteiger partial charge in [0, 0.05) is 13.0 Å². The largest absolute Gasteiger partial charge is 0.481 e. The zero-order valence-electron chi connectivity index (χ0n) is 11.6. The SMILES string of the molecule is CCCc1nc(CN2CCCC(C)(C(=O)O)C2)no1. The average molecular weight is 267 g/mol. The molecular weight excluding hydrogens is 246 g/mol. The van der Waals surface area contributed by atoms with Gasteiger partial charge in [-0.2, -0.15) is 4.98 Å². The summed E-state index contributed by atoms with van der Waals surface area (Å²) < 4.78 is 5.14. The number of nitrogens with zero attached hydrogens (tertiary/aromatic N) is 3. The Morgan fingerprint density at radius 1 is 1.58 bits per heavy atom. The Morgan fingerprint density at radius 3 is 3.05 bits per heavy atom. The highest BCUT2D eigenvalue weighted by atomic mass is 16.5. The maximum atomic E-state index is 11.3.